The van der Waals surface area contributed by atoms with Crippen molar-refractivity contribution in [2.75, 3.05) is 25.5 Å². The Balaban J connectivity index is 2.33. The maximum Gasteiger partial charge on any atom is 0.341 e. The Morgan fingerprint density at radius 2 is 1.96 bits per heavy atom. The van der Waals surface area contributed by atoms with Gasteiger partial charge in [0.15, 0.2) is 0 Å². The zero-order valence-corrected chi connectivity index (χ0v) is 17.3. The Morgan fingerprint density at radius 1 is 1.26 bits per heavy atom. The number of nitrogens with zero attached hydrogens (tertiary/aromatic N) is 1. The molecule has 0 bridgehead atoms. The molecular formula is C19H22N2O4S2. The van der Waals surface area contributed by atoms with Crippen molar-refractivity contribution < 1.29 is 19.1 Å². The molecule has 0 fully saturated rings. The summed E-state index contributed by atoms with van der Waals surface area (Å²) < 4.78 is 4.84. The quantitative estimate of drug-likeness (QED) is 0.556. The van der Waals surface area contributed by atoms with Crippen molar-refractivity contribution in [3.8, 4) is 0 Å². The van der Waals surface area contributed by atoms with Crippen molar-refractivity contribution in [2.45, 2.75) is 20.8 Å². The molecule has 0 atom stereocenters. The lowest BCUT2D eigenvalue weighted by Gasteiger charge is -2.17. The van der Waals surface area contributed by atoms with E-state index in [-0.39, 0.29) is 17.4 Å². The first-order valence-electron chi connectivity index (χ1n) is 8.46. The van der Waals surface area contributed by atoms with Crippen molar-refractivity contribution in [1.29, 1.82) is 0 Å². The summed E-state index contributed by atoms with van der Waals surface area (Å²) in [6.45, 7) is 6.60. The van der Waals surface area contributed by atoms with Gasteiger partial charge in [-0.15, -0.1) is 22.7 Å². The average Bonchev–Trinajstić information content (AvgIpc) is 3.28. The van der Waals surface area contributed by atoms with E-state index < -0.39 is 5.97 Å². The first-order chi connectivity index (χ1) is 12.9. The summed E-state index contributed by atoms with van der Waals surface area (Å²) in [5.74, 6) is -1.13. The number of methoxy groups -OCH3 is 1. The molecule has 1 N–H and O–H groups in total. The van der Waals surface area contributed by atoms with Crippen molar-refractivity contribution in [1.82, 2.24) is 4.90 Å². The van der Waals surface area contributed by atoms with Gasteiger partial charge in [-0.3, -0.25) is 9.59 Å². The lowest BCUT2D eigenvalue weighted by atomic mass is 10.1. The van der Waals surface area contributed by atoms with Crippen LogP contribution in [0.15, 0.2) is 23.6 Å². The Hall–Kier alpha value is -2.45. The van der Waals surface area contributed by atoms with E-state index in [4.69, 9.17) is 4.74 Å². The van der Waals surface area contributed by atoms with E-state index in [0.29, 0.717) is 28.5 Å². The van der Waals surface area contributed by atoms with Crippen LogP contribution in [0.1, 0.15) is 44.3 Å². The van der Waals surface area contributed by atoms with E-state index in [9.17, 15) is 14.4 Å². The molecule has 0 spiro atoms. The van der Waals surface area contributed by atoms with Gasteiger partial charge in [0, 0.05) is 24.0 Å². The third kappa shape index (κ3) is 4.84. The van der Waals surface area contributed by atoms with Gasteiger partial charge in [0.25, 0.3) is 5.91 Å². The van der Waals surface area contributed by atoms with Crippen LogP contribution >= 0.6 is 22.7 Å². The molecule has 2 rings (SSSR count). The number of rotatable bonds is 7. The van der Waals surface area contributed by atoms with Crippen LogP contribution in [0.3, 0.4) is 0 Å². The predicted molar refractivity (Wildman–Crippen MR) is 110 cm³/mol. The zero-order chi connectivity index (χ0) is 20.0. The summed E-state index contributed by atoms with van der Waals surface area (Å²) in [5.41, 5.74) is 0.733. The van der Waals surface area contributed by atoms with Gasteiger partial charge >= 0.3 is 5.97 Å². The minimum Gasteiger partial charge on any atom is -0.465 e. The summed E-state index contributed by atoms with van der Waals surface area (Å²) >= 11 is 2.61. The van der Waals surface area contributed by atoms with Gasteiger partial charge < -0.3 is 15.0 Å². The van der Waals surface area contributed by atoms with Gasteiger partial charge in [0.05, 0.1) is 17.6 Å². The number of ether oxygens (including phenoxy) is 1. The average molecular weight is 407 g/mol. The van der Waals surface area contributed by atoms with Crippen LogP contribution in [-0.2, 0) is 9.53 Å². The maximum absolute atomic E-state index is 12.7. The molecule has 2 aromatic heterocycles. The molecule has 0 saturated carbocycles. The topological polar surface area (TPSA) is 75.7 Å². The molecule has 2 amide bonds. The second-order valence-corrected chi connectivity index (χ2v) is 7.57. The van der Waals surface area contributed by atoms with E-state index in [0.717, 1.165) is 16.2 Å². The van der Waals surface area contributed by atoms with E-state index in [2.05, 4.69) is 5.32 Å². The van der Waals surface area contributed by atoms with Gasteiger partial charge in [-0.2, -0.15) is 0 Å². The number of carbonyl (C=O) groups excluding carboxylic acids is 3. The molecule has 2 heterocycles. The van der Waals surface area contributed by atoms with Gasteiger partial charge in [-0.25, -0.2) is 4.79 Å². The molecule has 0 aliphatic carbocycles. The first kappa shape index (κ1) is 20.9. The fraction of sp³-hybridized carbons (Fsp3) is 0.316. The van der Waals surface area contributed by atoms with Gasteiger partial charge in [0.1, 0.15) is 5.00 Å². The Morgan fingerprint density at radius 3 is 2.52 bits per heavy atom. The van der Waals surface area contributed by atoms with E-state index in [1.165, 1.54) is 24.5 Å². The summed E-state index contributed by atoms with van der Waals surface area (Å²) in [7, 11) is 1.27. The molecule has 0 aromatic carbocycles. The lowest BCUT2D eigenvalue weighted by Crippen LogP contribution is -2.30. The summed E-state index contributed by atoms with van der Waals surface area (Å²) in [4.78, 5) is 40.3. The zero-order valence-electron chi connectivity index (χ0n) is 15.7. The Bertz CT molecular complexity index is 849. The molecule has 6 nitrogen and oxygen atoms in total. The SMILES string of the molecule is CCN(CC)C(=O)c1sc(NC(=O)/C=C/c2cccs2)c(C(=O)OC)c1C. The molecule has 0 saturated heterocycles. The highest BCUT2D eigenvalue weighted by molar-refractivity contribution is 7.18. The molecule has 27 heavy (non-hydrogen) atoms. The number of anilines is 1. The second-order valence-electron chi connectivity index (χ2n) is 5.57. The van der Waals surface area contributed by atoms with Crippen molar-refractivity contribution >= 4 is 51.5 Å². The van der Waals surface area contributed by atoms with Crippen LogP contribution in [-0.4, -0.2) is 42.9 Å². The van der Waals surface area contributed by atoms with Crippen LogP contribution in [0.25, 0.3) is 6.08 Å². The Labute approximate surface area is 166 Å². The van der Waals surface area contributed by atoms with Crippen LogP contribution in [0, 0.1) is 6.92 Å². The smallest absolute Gasteiger partial charge is 0.341 e. The molecule has 0 aliphatic heterocycles. The van der Waals surface area contributed by atoms with Crippen LogP contribution < -0.4 is 5.32 Å². The normalized spacial score (nSPS) is 10.8. The third-order valence-corrected chi connectivity index (χ3v) is 5.99. The number of esters is 1. The van der Waals surface area contributed by atoms with Gasteiger partial charge in [-0.05, 0) is 43.9 Å². The second kappa shape index (κ2) is 9.48. The van der Waals surface area contributed by atoms with Crippen molar-refractivity contribution in [3.05, 3.63) is 44.5 Å². The molecule has 0 radical (unpaired) electrons. The highest BCUT2D eigenvalue weighted by Crippen LogP contribution is 2.34. The van der Waals surface area contributed by atoms with Crippen molar-refractivity contribution in [3.63, 3.8) is 0 Å². The lowest BCUT2D eigenvalue weighted by molar-refractivity contribution is -0.111. The largest absolute Gasteiger partial charge is 0.465 e. The molecule has 2 aromatic rings. The predicted octanol–water partition coefficient (Wildman–Crippen LogP) is 4.04. The number of hydrogen-bond acceptors (Lipinski definition) is 6. The van der Waals surface area contributed by atoms with Gasteiger partial charge in [0.2, 0.25) is 5.91 Å². The van der Waals surface area contributed by atoms with Crippen LogP contribution in [0.5, 0.6) is 0 Å². The van der Waals surface area contributed by atoms with E-state index in [1.807, 2.05) is 31.4 Å². The number of nitrogens with one attached hydrogen (secondary N) is 1. The van der Waals surface area contributed by atoms with Crippen LogP contribution in [0.2, 0.25) is 0 Å². The summed E-state index contributed by atoms with van der Waals surface area (Å²) in [6, 6.07) is 3.79. The summed E-state index contributed by atoms with van der Waals surface area (Å²) in [5, 5.41) is 4.94. The molecule has 0 aliphatic rings. The van der Waals surface area contributed by atoms with E-state index in [1.54, 1.807) is 17.9 Å². The number of amides is 2. The van der Waals surface area contributed by atoms with Crippen LogP contribution in [0.4, 0.5) is 5.00 Å². The van der Waals surface area contributed by atoms with E-state index >= 15 is 0 Å². The number of carbonyl (C=O) groups is 3. The van der Waals surface area contributed by atoms with Crippen molar-refractivity contribution in [2.24, 2.45) is 0 Å². The molecule has 8 heteroatoms. The first-order valence-corrected chi connectivity index (χ1v) is 10.2. The highest BCUT2D eigenvalue weighted by atomic mass is 32.1. The maximum atomic E-state index is 12.7. The van der Waals surface area contributed by atoms with Gasteiger partial charge in [-0.1, -0.05) is 6.07 Å². The molecule has 0 unspecified atom stereocenters. The fourth-order valence-corrected chi connectivity index (χ4v) is 4.29. The number of hydrogen-bond donors (Lipinski definition) is 1. The minimum atomic E-state index is -0.583. The highest BCUT2D eigenvalue weighted by Gasteiger charge is 2.27. The number of thiophene rings is 2. The monoisotopic (exact) mass is 406 g/mol. The summed E-state index contributed by atoms with van der Waals surface area (Å²) in [6.07, 6.45) is 3.09. The minimum absolute atomic E-state index is 0.165. The molecule has 144 valence electrons. The Kier molecular flexibility index (Phi) is 7.32. The third-order valence-electron chi connectivity index (χ3n) is 3.96. The fourth-order valence-electron chi connectivity index (χ4n) is 2.51. The standard InChI is InChI=1S/C19H22N2O4S2/c1-5-21(6-2)18(23)16-12(3)15(19(24)25-4)17(27-16)20-14(22)10-9-13-8-7-11-26-13/h7-11H,5-6H2,1-4H3,(H,20,22)/b10-9+. The molecular weight excluding hydrogens is 384 g/mol.